The van der Waals surface area contributed by atoms with E-state index < -0.39 is 0 Å². The highest BCUT2D eigenvalue weighted by atomic mass is 16.5. The highest BCUT2D eigenvalue weighted by molar-refractivity contribution is 6.05. The fourth-order valence-electron chi connectivity index (χ4n) is 2.55. The number of aromatic hydroxyl groups is 1. The van der Waals surface area contributed by atoms with Crippen LogP contribution in [0, 0.1) is 11.3 Å². The molecule has 0 amide bonds. The Balaban J connectivity index is 1.85. The van der Waals surface area contributed by atoms with Gasteiger partial charge >= 0.3 is 0 Å². The maximum atomic E-state index is 10.3. The van der Waals surface area contributed by atoms with E-state index in [0.717, 1.165) is 16.8 Å². The fourth-order valence-corrected chi connectivity index (χ4v) is 2.55. The Morgan fingerprint density at radius 1 is 1.27 bits per heavy atom. The van der Waals surface area contributed by atoms with Crippen molar-refractivity contribution >= 4 is 22.8 Å². The van der Waals surface area contributed by atoms with Gasteiger partial charge in [0.15, 0.2) is 0 Å². The number of aromatic nitrogens is 1. The summed E-state index contributed by atoms with van der Waals surface area (Å²) < 4.78 is 5.11. The summed E-state index contributed by atoms with van der Waals surface area (Å²) in [5, 5.41) is 20.4. The number of H-pyrrole nitrogens is 1. The Morgan fingerprint density at radius 3 is 2.65 bits per heavy atom. The van der Waals surface area contributed by atoms with E-state index >= 15 is 0 Å². The van der Waals surface area contributed by atoms with Crippen LogP contribution in [0.4, 0.5) is 0 Å². The summed E-state index contributed by atoms with van der Waals surface area (Å²) in [5.74, 6) is 0.954. The van der Waals surface area contributed by atoms with Gasteiger partial charge in [-0.1, -0.05) is 24.3 Å². The van der Waals surface area contributed by atoms with E-state index in [-0.39, 0.29) is 17.2 Å². The number of nitrogens with two attached hydrogens (primary N) is 1. The molecule has 1 aromatic heterocycles. The predicted octanol–water partition coefficient (Wildman–Crippen LogP) is 3.35. The summed E-state index contributed by atoms with van der Waals surface area (Å²) in [4.78, 5) is 7.34. The van der Waals surface area contributed by atoms with E-state index in [1.54, 1.807) is 13.2 Å². The van der Waals surface area contributed by atoms with E-state index in [9.17, 15) is 10.4 Å². The number of benzene rings is 2. The van der Waals surface area contributed by atoms with Crippen molar-refractivity contribution in [2.24, 2.45) is 10.7 Å². The number of hydrogen-bond acceptors (Lipinski definition) is 4. The van der Waals surface area contributed by atoms with Crippen molar-refractivity contribution in [3.63, 3.8) is 0 Å². The molecule has 0 radical (unpaired) electrons. The highest BCUT2D eigenvalue weighted by Gasteiger charge is 2.10. The Hall–Kier alpha value is -3.72. The number of amidine groups is 1. The Bertz CT molecular complexity index is 1020. The van der Waals surface area contributed by atoms with E-state index in [2.05, 4.69) is 9.98 Å². The number of hydrogen-bond donors (Lipinski definition) is 3. The second-order valence-electron chi connectivity index (χ2n) is 5.65. The summed E-state index contributed by atoms with van der Waals surface area (Å²) in [6.07, 6.45) is 1.50. The van der Waals surface area contributed by atoms with Crippen LogP contribution in [-0.4, -0.2) is 23.0 Å². The lowest BCUT2D eigenvalue weighted by Crippen LogP contribution is -2.14. The maximum absolute atomic E-state index is 10.3. The maximum Gasteiger partial charge on any atom is 0.148 e. The number of nitrogens with one attached hydrogen (secondary N) is 1. The first-order valence-corrected chi connectivity index (χ1v) is 7.97. The normalized spacial score (nSPS) is 12.2. The van der Waals surface area contributed by atoms with Crippen molar-refractivity contribution in [2.45, 2.75) is 6.54 Å². The van der Waals surface area contributed by atoms with E-state index in [4.69, 9.17) is 10.5 Å². The van der Waals surface area contributed by atoms with Crippen molar-refractivity contribution in [3.8, 4) is 17.6 Å². The lowest BCUT2D eigenvalue weighted by Gasteiger charge is -2.02. The van der Waals surface area contributed by atoms with Gasteiger partial charge in [0.1, 0.15) is 23.4 Å². The lowest BCUT2D eigenvalue weighted by molar-refractivity contribution is 0.414. The van der Waals surface area contributed by atoms with Gasteiger partial charge in [-0.3, -0.25) is 4.99 Å². The molecule has 6 nitrogen and oxygen atoms in total. The molecule has 130 valence electrons. The molecule has 3 rings (SSSR count). The van der Waals surface area contributed by atoms with Gasteiger partial charge < -0.3 is 20.6 Å². The second kappa shape index (κ2) is 7.45. The molecule has 6 heteroatoms. The van der Waals surface area contributed by atoms with Gasteiger partial charge in [-0.15, -0.1) is 0 Å². The molecule has 2 aromatic carbocycles. The number of fused-ring (bicyclic) bond motifs is 1. The van der Waals surface area contributed by atoms with Crippen LogP contribution in [0.25, 0.3) is 17.0 Å². The van der Waals surface area contributed by atoms with Gasteiger partial charge in [-0.2, -0.15) is 5.26 Å². The molecule has 0 aliphatic rings. The van der Waals surface area contributed by atoms with Crippen LogP contribution in [0.5, 0.6) is 11.5 Å². The molecule has 0 aliphatic carbocycles. The van der Waals surface area contributed by atoms with Crippen molar-refractivity contribution < 1.29 is 9.84 Å². The number of para-hydroxylation sites is 1. The molecule has 0 aliphatic heterocycles. The third-order valence-electron chi connectivity index (χ3n) is 3.98. The van der Waals surface area contributed by atoms with Crippen molar-refractivity contribution in [1.82, 2.24) is 4.98 Å². The summed E-state index contributed by atoms with van der Waals surface area (Å²) in [6.45, 7) is 0.341. The Morgan fingerprint density at radius 2 is 2.00 bits per heavy atom. The number of methoxy groups -OCH3 is 1. The van der Waals surface area contributed by atoms with Crippen LogP contribution in [-0.2, 0) is 6.54 Å². The molecule has 4 N–H and O–H groups in total. The van der Waals surface area contributed by atoms with Crippen LogP contribution in [0.2, 0.25) is 0 Å². The number of aromatic amines is 1. The van der Waals surface area contributed by atoms with E-state index in [1.807, 2.05) is 48.5 Å². The summed E-state index contributed by atoms with van der Waals surface area (Å²) >= 11 is 0. The molecule has 0 spiro atoms. The average Bonchev–Trinajstić information content (AvgIpc) is 3.00. The van der Waals surface area contributed by atoms with Gasteiger partial charge in [0.2, 0.25) is 0 Å². The predicted molar refractivity (Wildman–Crippen MR) is 102 cm³/mol. The first-order valence-electron chi connectivity index (χ1n) is 7.97. The van der Waals surface area contributed by atoms with Crippen LogP contribution < -0.4 is 10.5 Å². The monoisotopic (exact) mass is 346 g/mol. The zero-order chi connectivity index (χ0) is 18.5. The van der Waals surface area contributed by atoms with Crippen molar-refractivity contribution in [2.75, 3.05) is 7.11 Å². The number of rotatable bonds is 5. The molecular weight excluding hydrogens is 328 g/mol. The van der Waals surface area contributed by atoms with Crippen LogP contribution in [0.1, 0.15) is 11.3 Å². The van der Waals surface area contributed by atoms with Crippen molar-refractivity contribution in [1.29, 1.82) is 5.26 Å². The number of ether oxygens (including phenoxy) is 1. The fraction of sp³-hybridized carbons (Fsp3) is 0.100. The number of nitrogens with zero attached hydrogens (tertiary/aromatic N) is 2. The number of nitriles is 1. The minimum Gasteiger partial charge on any atom is -0.505 e. The molecule has 0 bridgehead atoms. The first kappa shape index (κ1) is 17.1. The van der Waals surface area contributed by atoms with Crippen LogP contribution >= 0.6 is 0 Å². The van der Waals surface area contributed by atoms with Gasteiger partial charge in [-0.25, -0.2) is 0 Å². The largest absolute Gasteiger partial charge is 0.505 e. The number of aliphatic imine (C=N–C) groups is 1. The summed E-state index contributed by atoms with van der Waals surface area (Å²) in [7, 11) is 1.61. The third kappa shape index (κ3) is 3.52. The second-order valence-corrected chi connectivity index (χ2v) is 5.65. The molecule has 1 heterocycles. The first-order chi connectivity index (χ1) is 12.6. The van der Waals surface area contributed by atoms with Gasteiger partial charge in [0, 0.05) is 10.9 Å². The van der Waals surface area contributed by atoms with Gasteiger partial charge in [-0.05, 0) is 35.9 Å². The summed E-state index contributed by atoms with van der Waals surface area (Å²) in [6, 6.07) is 16.8. The van der Waals surface area contributed by atoms with E-state index in [1.165, 1.54) is 6.08 Å². The third-order valence-corrected chi connectivity index (χ3v) is 3.98. The molecule has 0 unspecified atom stereocenters. The lowest BCUT2D eigenvalue weighted by atomic mass is 10.2. The SMILES string of the molecule is COc1ccc(CN=C(N)/C(C#N)=C/c2[nH]c3ccccc3c2O)cc1. The van der Waals surface area contributed by atoms with Gasteiger partial charge in [0.25, 0.3) is 0 Å². The average molecular weight is 346 g/mol. The molecule has 0 saturated carbocycles. The van der Waals surface area contributed by atoms with Crippen LogP contribution in [0.3, 0.4) is 0 Å². The zero-order valence-corrected chi connectivity index (χ0v) is 14.2. The van der Waals surface area contributed by atoms with Gasteiger partial charge in [0.05, 0.1) is 24.9 Å². The zero-order valence-electron chi connectivity index (χ0n) is 14.2. The molecule has 0 fully saturated rings. The molecular formula is C20H18N4O2. The standard InChI is InChI=1S/C20H18N4O2/c1-26-15-8-6-13(7-9-15)12-23-20(22)14(11-21)10-18-19(25)16-4-2-3-5-17(16)24-18/h2-10,24-25H,12H2,1H3,(H2,22,23)/b14-10+. The smallest absolute Gasteiger partial charge is 0.148 e. The quantitative estimate of drug-likeness (QED) is 0.374. The summed E-state index contributed by atoms with van der Waals surface area (Å²) in [5.41, 5.74) is 8.29. The molecule has 0 saturated heterocycles. The molecule has 0 atom stereocenters. The topological polar surface area (TPSA) is 107 Å². The van der Waals surface area contributed by atoms with E-state index in [0.29, 0.717) is 17.6 Å². The van der Waals surface area contributed by atoms with Crippen molar-refractivity contribution in [3.05, 3.63) is 65.4 Å². The molecule has 26 heavy (non-hydrogen) atoms. The minimum absolute atomic E-state index is 0.0799. The highest BCUT2D eigenvalue weighted by Crippen LogP contribution is 2.30. The Kier molecular flexibility index (Phi) is 4.90. The Labute approximate surface area is 150 Å². The minimum atomic E-state index is 0.0799. The molecule has 3 aromatic rings. The van der Waals surface area contributed by atoms with Crippen LogP contribution in [0.15, 0.2) is 59.1 Å².